The Morgan fingerprint density at radius 1 is 1.18 bits per heavy atom. The molecule has 0 amide bonds. The van der Waals surface area contributed by atoms with Crippen LogP contribution in [-0.4, -0.2) is 6.54 Å². The number of allylic oxidation sites excluding steroid dienone is 2. The molecule has 2 N–H and O–H groups in total. The molecule has 0 saturated heterocycles. The predicted molar refractivity (Wildman–Crippen MR) is 49.4 cm³/mol. The summed E-state index contributed by atoms with van der Waals surface area (Å²) < 4.78 is 0. The Kier molecular flexibility index (Phi) is 4.29. The molecule has 0 saturated carbocycles. The lowest BCUT2D eigenvalue weighted by molar-refractivity contribution is 0.424. The molecule has 0 aliphatic heterocycles. The van der Waals surface area contributed by atoms with E-state index in [4.69, 9.17) is 5.73 Å². The van der Waals surface area contributed by atoms with Gasteiger partial charge in [-0.05, 0) is 51.0 Å². The van der Waals surface area contributed by atoms with Gasteiger partial charge in [0.15, 0.2) is 0 Å². The van der Waals surface area contributed by atoms with Crippen LogP contribution in [0.1, 0.15) is 38.5 Å². The van der Waals surface area contributed by atoms with Crippen molar-refractivity contribution in [3.8, 4) is 0 Å². The second kappa shape index (κ2) is 5.36. The van der Waals surface area contributed by atoms with Gasteiger partial charge in [0, 0.05) is 0 Å². The number of hydrogen-bond acceptors (Lipinski definition) is 1. The summed E-state index contributed by atoms with van der Waals surface area (Å²) in [6.07, 6.45) is 12.5. The minimum absolute atomic E-state index is 0.865. The fourth-order valence-corrected chi connectivity index (χ4v) is 1.74. The van der Waals surface area contributed by atoms with E-state index in [1.54, 1.807) is 0 Å². The molecule has 0 bridgehead atoms. The standard InChI is InChI=1S/C10H19N/c11-9-5-8-10-6-3-1-2-4-7-10/h1-2,10H,3-9,11H2. The van der Waals surface area contributed by atoms with E-state index in [1.807, 2.05) is 0 Å². The molecule has 1 aliphatic carbocycles. The first-order chi connectivity index (χ1) is 5.43. The van der Waals surface area contributed by atoms with Crippen LogP contribution in [0.4, 0.5) is 0 Å². The van der Waals surface area contributed by atoms with E-state index in [2.05, 4.69) is 12.2 Å². The van der Waals surface area contributed by atoms with Gasteiger partial charge in [0.05, 0.1) is 0 Å². The lowest BCUT2D eigenvalue weighted by Gasteiger charge is -2.12. The molecular formula is C10H19N. The average molecular weight is 153 g/mol. The van der Waals surface area contributed by atoms with Gasteiger partial charge in [0.2, 0.25) is 0 Å². The van der Waals surface area contributed by atoms with Crippen molar-refractivity contribution in [2.45, 2.75) is 38.5 Å². The SMILES string of the molecule is NCCCC1CCC=CCC1. The predicted octanol–water partition coefficient (Wildman–Crippen LogP) is 2.47. The second-order valence-electron chi connectivity index (χ2n) is 3.42. The zero-order valence-corrected chi connectivity index (χ0v) is 7.26. The van der Waals surface area contributed by atoms with Crippen LogP contribution in [0.2, 0.25) is 0 Å². The third-order valence-corrected chi connectivity index (χ3v) is 2.47. The van der Waals surface area contributed by atoms with Crippen LogP contribution in [0, 0.1) is 5.92 Å². The van der Waals surface area contributed by atoms with Crippen LogP contribution in [0.15, 0.2) is 12.2 Å². The van der Waals surface area contributed by atoms with E-state index in [9.17, 15) is 0 Å². The summed E-state index contributed by atoms with van der Waals surface area (Å²) in [5.41, 5.74) is 5.47. The second-order valence-corrected chi connectivity index (χ2v) is 3.42. The largest absolute Gasteiger partial charge is 0.330 e. The summed E-state index contributed by atoms with van der Waals surface area (Å²) >= 11 is 0. The minimum atomic E-state index is 0.865. The third-order valence-electron chi connectivity index (χ3n) is 2.47. The van der Waals surface area contributed by atoms with Gasteiger partial charge in [-0.1, -0.05) is 12.2 Å². The molecule has 0 spiro atoms. The quantitative estimate of drug-likeness (QED) is 0.619. The van der Waals surface area contributed by atoms with Gasteiger partial charge < -0.3 is 5.73 Å². The molecular weight excluding hydrogens is 134 g/mol. The molecule has 0 aromatic heterocycles. The van der Waals surface area contributed by atoms with Crippen molar-refractivity contribution in [3.05, 3.63) is 12.2 Å². The number of nitrogens with two attached hydrogens (primary N) is 1. The third kappa shape index (κ3) is 3.57. The van der Waals surface area contributed by atoms with Crippen molar-refractivity contribution in [1.82, 2.24) is 0 Å². The molecule has 11 heavy (non-hydrogen) atoms. The minimum Gasteiger partial charge on any atom is -0.330 e. The van der Waals surface area contributed by atoms with Crippen molar-refractivity contribution in [2.75, 3.05) is 6.54 Å². The summed E-state index contributed by atoms with van der Waals surface area (Å²) in [4.78, 5) is 0. The van der Waals surface area contributed by atoms with E-state index in [1.165, 1.54) is 38.5 Å². The Morgan fingerprint density at radius 3 is 2.36 bits per heavy atom. The molecule has 0 atom stereocenters. The van der Waals surface area contributed by atoms with Crippen LogP contribution in [-0.2, 0) is 0 Å². The van der Waals surface area contributed by atoms with Gasteiger partial charge in [-0.25, -0.2) is 0 Å². The van der Waals surface area contributed by atoms with E-state index in [0.717, 1.165) is 12.5 Å². The van der Waals surface area contributed by atoms with Crippen molar-refractivity contribution in [3.63, 3.8) is 0 Å². The maximum absolute atomic E-state index is 5.47. The lowest BCUT2D eigenvalue weighted by Crippen LogP contribution is -2.04. The van der Waals surface area contributed by atoms with Crippen molar-refractivity contribution >= 4 is 0 Å². The van der Waals surface area contributed by atoms with E-state index < -0.39 is 0 Å². The topological polar surface area (TPSA) is 26.0 Å². The highest BCUT2D eigenvalue weighted by atomic mass is 14.5. The summed E-state index contributed by atoms with van der Waals surface area (Å²) in [6, 6.07) is 0. The first kappa shape index (κ1) is 8.79. The maximum atomic E-state index is 5.47. The zero-order valence-electron chi connectivity index (χ0n) is 7.26. The van der Waals surface area contributed by atoms with Crippen LogP contribution in [0.25, 0.3) is 0 Å². The number of hydrogen-bond donors (Lipinski definition) is 1. The molecule has 0 radical (unpaired) electrons. The Labute approximate surface area is 69.7 Å². The highest BCUT2D eigenvalue weighted by Gasteiger charge is 2.07. The zero-order chi connectivity index (χ0) is 7.94. The summed E-state index contributed by atoms with van der Waals surface area (Å²) in [5, 5.41) is 0. The van der Waals surface area contributed by atoms with Crippen LogP contribution < -0.4 is 5.73 Å². The highest BCUT2D eigenvalue weighted by Crippen LogP contribution is 2.22. The normalized spacial score (nSPS) is 20.1. The Hall–Kier alpha value is -0.300. The first-order valence-electron chi connectivity index (χ1n) is 4.78. The van der Waals surface area contributed by atoms with Gasteiger partial charge in [-0.2, -0.15) is 0 Å². The molecule has 0 aromatic rings. The summed E-state index contributed by atoms with van der Waals surface area (Å²) in [6.45, 7) is 0.865. The van der Waals surface area contributed by atoms with Crippen LogP contribution >= 0.6 is 0 Å². The molecule has 0 aromatic carbocycles. The van der Waals surface area contributed by atoms with Crippen molar-refractivity contribution in [1.29, 1.82) is 0 Å². The van der Waals surface area contributed by atoms with E-state index in [0.29, 0.717) is 0 Å². The molecule has 1 rings (SSSR count). The van der Waals surface area contributed by atoms with Gasteiger partial charge in [0.1, 0.15) is 0 Å². The average Bonchev–Trinajstić information content (AvgIpc) is 2.28. The van der Waals surface area contributed by atoms with Gasteiger partial charge >= 0.3 is 0 Å². The molecule has 0 fully saturated rings. The van der Waals surface area contributed by atoms with Gasteiger partial charge in [-0.3, -0.25) is 0 Å². The molecule has 0 heterocycles. The summed E-state index contributed by atoms with van der Waals surface area (Å²) in [7, 11) is 0. The van der Waals surface area contributed by atoms with Gasteiger partial charge in [-0.15, -0.1) is 0 Å². The first-order valence-corrected chi connectivity index (χ1v) is 4.78. The van der Waals surface area contributed by atoms with E-state index >= 15 is 0 Å². The van der Waals surface area contributed by atoms with Crippen molar-refractivity contribution < 1.29 is 0 Å². The lowest BCUT2D eigenvalue weighted by atomic mass is 9.95. The fraction of sp³-hybridized carbons (Fsp3) is 0.800. The molecule has 0 unspecified atom stereocenters. The van der Waals surface area contributed by atoms with E-state index in [-0.39, 0.29) is 0 Å². The van der Waals surface area contributed by atoms with Crippen molar-refractivity contribution in [2.24, 2.45) is 11.7 Å². The van der Waals surface area contributed by atoms with Crippen LogP contribution in [0.3, 0.4) is 0 Å². The molecule has 1 heteroatoms. The smallest absolute Gasteiger partial charge is 0.00772 e. The highest BCUT2D eigenvalue weighted by molar-refractivity contribution is 4.86. The number of rotatable bonds is 3. The summed E-state index contributed by atoms with van der Waals surface area (Å²) in [5.74, 6) is 0.952. The van der Waals surface area contributed by atoms with Gasteiger partial charge in [0.25, 0.3) is 0 Å². The Balaban J connectivity index is 2.13. The molecule has 64 valence electrons. The van der Waals surface area contributed by atoms with Crippen LogP contribution in [0.5, 0.6) is 0 Å². The molecule has 1 nitrogen and oxygen atoms in total. The monoisotopic (exact) mass is 153 g/mol. The Morgan fingerprint density at radius 2 is 1.82 bits per heavy atom. The Bertz CT molecular complexity index is 108. The maximum Gasteiger partial charge on any atom is -0.00772 e. The fourth-order valence-electron chi connectivity index (χ4n) is 1.74. The molecule has 1 aliphatic rings.